The zero-order chi connectivity index (χ0) is 19.9. The molecule has 0 fully saturated rings. The van der Waals surface area contributed by atoms with E-state index in [0.29, 0.717) is 5.56 Å². The molecule has 2 atom stereocenters. The molecular weight excluding hydrogens is 338 g/mol. The predicted molar refractivity (Wildman–Crippen MR) is 94.1 cm³/mol. The molecule has 1 rings (SSSR count). The number of nitrogens with zero attached hydrogens (tertiary/aromatic N) is 1. The van der Waals surface area contributed by atoms with E-state index in [0.717, 1.165) is 4.90 Å². The third-order valence-electron chi connectivity index (χ3n) is 4.06. The van der Waals surface area contributed by atoms with Gasteiger partial charge in [-0.1, -0.05) is 11.8 Å². The second-order valence-electron chi connectivity index (χ2n) is 5.89. The van der Waals surface area contributed by atoms with E-state index in [1.54, 1.807) is 19.1 Å². The number of carbonyl (C=O) groups is 3. The van der Waals surface area contributed by atoms with Crippen molar-refractivity contribution in [3.63, 3.8) is 0 Å². The Morgan fingerprint density at radius 3 is 2.27 bits per heavy atom. The molecule has 0 aliphatic heterocycles. The Morgan fingerprint density at radius 1 is 1.23 bits per heavy atom. The van der Waals surface area contributed by atoms with Gasteiger partial charge >= 0.3 is 0 Å². The first kappa shape index (κ1) is 21.2. The van der Waals surface area contributed by atoms with Crippen molar-refractivity contribution < 1.29 is 24.7 Å². The molecular formula is C18H23N3O5. The number of benzene rings is 1. The summed E-state index contributed by atoms with van der Waals surface area (Å²) < 4.78 is 0. The van der Waals surface area contributed by atoms with Crippen LogP contribution in [0.15, 0.2) is 24.3 Å². The van der Waals surface area contributed by atoms with Crippen LogP contribution in [0.2, 0.25) is 0 Å². The molecule has 26 heavy (non-hydrogen) atoms. The summed E-state index contributed by atoms with van der Waals surface area (Å²) in [5.41, 5.74) is 0.386. The van der Waals surface area contributed by atoms with Crippen LogP contribution in [0.4, 0.5) is 0 Å². The normalized spacial score (nSPS) is 13.5. The fourth-order valence-corrected chi connectivity index (χ4v) is 2.11. The summed E-state index contributed by atoms with van der Waals surface area (Å²) in [6.45, 7) is 2.97. The number of hydrogen-bond acceptors (Lipinski definition) is 5. The number of carbonyl (C=O) groups excluding carboxylic acids is 3. The zero-order valence-corrected chi connectivity index (χ0v) is 15.2. The average Bonchev–Trinajstić information content (AvgIpc) is 2.68. The molecule has 0 aliphatic carbocycles. The highest BCUT2D eigenvalue weighted by Gasteiger charge is 2.47. The maximum atomic E-state index is 12.7. The number of aliphatic hydroxyl groups excluding tert-OH is 1. The monoisotopic (exact) mass is 361 g/mol. The van der Waals surface area contributed by atoms with Crippen molar-refractivity contribution in [3.05, 3.63) is 35.4 Å². The maximum Gasteiger partial charge on any atom is 0.278 e. The zero-order valence-electron chi connectivity index (χ0n) is 15.2. The highest BCUT2D eigenvalue weighted by atomic mass is 16.5. The SMILES string of the molecule is CNC(=O)C(C)(C(=O)NO)N(C)C(=O)c1ccc(C#CC(C)CO)cc1. The Kier molecular flexibility index (Phi) is 7.31. The summed E-state index contributed by atoms with van der Waals surface area (Å²) in [7, 11) is 2.62. The summed E-state index contributed by atoms with van der Waals surface area (Å²) in [6.07, 6.45) is 0. The van der Waals surface area contributed by atoms with E-state index in [-0.39, 0.29) is 18.1 Å². The summed E-state index contributed by atoms with van der Waals surface area (Å²) in [6, 6.07) is 6.30. The van der Waals surface area contributed by atoms with Crippen LogP contribution in [0.1, 0.15) is 29.8 Å². The topological polar surface area (TPSA) is 119 Å². The molecule has 1 aromatic carbocycles. The van der Waals surface area contributed by atoms with Crippen LogP contribution in [-0.2, 0) is 9.59 Å². The number of nitrogens with one attached hydrogen (secondary N) is 2. The molecule has 3 amide bonds. The van der Waals surface area contributed by atoms with Gasteiger partial charge in [0.15, 0.2) is 5.54 Å². The highest BCUT2D eigenvalue weighted by Crippen LogP contribution is 2.18. The summed E-state index contributed by atoms with van der Waals surface area (Å²) in [4.78, 5) is 37.7. The van der Waals surface area contributed by atoms with E-state index in [4.69, 9.17) is 10.3 Å². The van der Waals surface area contributed by atoms with Crippen LogP contribution in [-0.4, -0.2) is 59.2 Å². The lowest BCUT2D eigenvalue weighted by molar-refractivity contribution is -0.148. The minimum absolute atomic E-state index is 0.0423. The second-order valence-corrected chi connectivity index (χ2v) is 5.89. The fraction of sp³-hybridized carbons (Fsp3) is 0.389. The van der Waals surface area contributed by atoms with Crippen molar-refractivity contribution in [1.29, 1.82) is 0 Å². The molecule has 0 spiro atoms. The van der Waals surface area contributed by atoms with E-state index < -0.39 is 23.3 Å². The largest absolute Gasteiger partial charge is 0.395 e. The molecule has 0 saturated heterocycles. The molecule has 0 radical (unpaired) electrons. The van der Waals surface area contributed by atoms with E-state index >= 15 is 0 Å². The quantitative estimate of drug-likeness (QED) is 0.250. The molecule has 0 bridgehead atoms. The van der Waals surface area contributed by atoms with Crippen molar-refractivity contribution in [3.8, 4) is 11.8 Å². The third kappa shape index (κ3) is 4.39. The molecule has 8 nitrogen and oxygen atoms in total. The molecule has 1 aromatic rings. The number of rotatable bonds is 5. The molecule has 0 saturated carbocycles. The molecule has 0 heterocycles. The molecule has 2 unspecified atom stereocenters. The van der Waals surface area contributed by atoms with Gasteiger partial charge in [0.1, 0.15) is 0 Å². The van der Waals surface area contributed by atoms with E-state index in [2.05, 4.69) is 17.2 Å². The molecule has 4 N–H and O–H groups in total. The van der Waals surface area contributed by atoms with Crippen molar-refractivity contribution in [1.82, 2.24) is 15.7 Å². The van der Waals surface area contributed by atoms with Crippen LogP contribution >= 0.6 is 0 Å². The lowest BCUT2D eigenvalue weighted by Crippen LogP contribution is -2.64. The van der Waals surface area contributed by atoms with Crippen LogP contribution in [0.3, 0.4) is 0 Å². The highest BCUT2D eigenvalue weighted by molar-refractivity contribution is 6.12. The lowest BCUT2D eigenvalue weighted by Gasteiger charge is -2.34. The Morgan fingerprint density at radius 2 is 1.81 bits per heavy atom. The first-order valence-electron chi connectivity index (χ1n) is 7.89. The molecule has 140 valence electrons. The van der Waals surface area contributed by atoms with Gasteiger partial charge in [0.25, 0.3) is 17.7 Å². The van der Waals surface area contributed by atoms with Crippen LogP contribution in [0, 0.1) is 17.8 Å². The third-order valence-corrected chi connectivity index (χ3v) is 4.06. The van der Waals surface area contributed by atoms with Gasteiger partial charge in [-0.15, -0.1) is 0 Å². The van der Waals surface area contributed by atoms with Gasteiger partial charge in [0.2, 0.25) is 0 Å². The van der Waals surface area contributed by atoms with Gasteiger partial charge in [0, 0.05) is 31.1 Å². The predicted octanol–water partition coefficient (Wildman–Crippen LogP) is -0.251. The van der Waals surface area contributed by atoms with Gasteiger partial charge in [-0.05, 0) is 38.1 Å². The van der Waals surface area contributed by atoms with Gasteiger partial charge in [-0.25, -0.2) is 5.48 Å². The van der Waals surface area contributed by atoms with Crippen LogP contribution in [0.25, 0.3) is 0 Å². The maximum absolute atomic E-state index is 12.7. The Labute approximate surface area is 152 Å². The van der Waals surface area contributed by atoms with Crippen LogP contribution < -0.4 is 10.8 Å². The summed E-state index contributed by atoms with van der Waals surface area (Å²) >= 11 is 0. The number of aliphatic hydroxyl groups is 1. The summed E-state index contributed by atoms with van der Waals surface area (Å²) in [5, 5.41) is 20.2. The number of hydrogen-bond donors (Lipinski definition) is 4. The van der Waals surface area contributed by atoms with E-state index in [9.17, 15) is 14.4 Å². The van der Waals surface area contributed by atoms with Gasteiger partial charge in [-0.3, -0.25) is 19.6 Å². The Balaban J connectivity index is 3.11. The Bertz CT molecular complexity index is 717. The van der Waals surface area contributed by atoms with Gasteiger partial charge in [-0.2, -0.15) is 0 Å². The van der Waals surface area contributed by atoms with Crippen LogP contribution in [0.5, 0.6) is 0 Å². The smallest absolute Gasteiger partial charge is 0.278 e. The van der Waals surface area contributed by atoms with Gasteiger partial charge < -0.3 is 15.3 Å². The number of hydroxylamine groups is 1. The standard InChI is InChI=1S/C18H23N3O5/c1-12(11-22)5-6-13-7-9-14(10-8-13)15(23)21(4)18(2,16(24)19-3)17(25)20-26/h7-10,12,22,26H,11H2,1-4H3,(H,19,24)(H,20,25). The van der Waals surface area contributed by atoms with Crippen molar-refractivity contribution in [2.75, 3.05) is 20.7 Å². The molecule has 0 aliphatic rings. The van der Waals surface area contributed by atoms with Crippen molar-refractivity contribution in [2.45, 2.75) is 19.4 Å². The van der Waals surface area contributed by atoms with Gasteiger partial charge in [0.05, 0.1) is 6.61 Å². The van der Waals surface area contributed by atoms with E-state index in [1.165, 1.54) is 38.6 Å². The van der Waals surface area contributed by atoms with Crippen molar-refractivity contribution in [2.24, 2.45) is 5.92 Å². The minimum Gasteiger partial charge on any atom is -0.395 e. The fourth-order valence-electron chi connectivity index (χ4n) is 2.11. The molecule has 0 aromatic heterocycles. The average molecular weight is 361 g/mol. The number of amides is 3. The minimum atomic E-state index is -1.93. The van der Waals surface area contributed by atoms with E-state index in [1.807, 2.05) is 0 Å². The summed E-state index contributed by atoms with van der Waals surface area (Å²) in [5.74, 6) is 3.22. The van der Waals surface area contributed by atoms with Crippen molar-refractivity contribution >= 4 is 17.7 Å². The lowest BCUT2D eigenvalue weighted by atomic mass is 9.96. The first-order chi connectivity index (χ1) is 12.2. The second kappa shape index (κ2) is 8.99. The molecule has 8 heteroatoms. The first-order valence-corrected chi connectivity index (χ1v) is 7.89. The number of likely N-dealkylation sites (N-methyl/N-ethyl adjacent to an activating group) is 2. The Hall–Kier alpha value is -2.89.